The molecule has 1 aliphatic carbocycles. The smallest absolute Gasteiger partial charge is 0.258 e. The first-order valence-corrected chi connectivity index (χ1v) is 7.49. The molecule has 1 aromatic heterocycles. The Kier molecular flexibility index (Phi) is 5.08. The van der Waals surface area contributed by atoms with Gasteiger partial charge in [-0.1, -0.05) is 24.1 Å². The highest BCUT2D eigenvalue weighted by atomic mass is 35.5. The number of aryl methyl sites for hydroxylation is 1. The number of nitrogens with zero attached hydrogens (tertiary/aromatic N) is 2. The molecular formula is C16H22ClN3O2. The van der Waals surface area contributed by atoms with E-state index in [0.29, 0.717) is 18.3 Å². The van der Waals surface area contributed by atoms with Crippen molar-refractivity contribution in [2.45, 2.75) is 45.1 Å². The summed E-state index contributed by atoms with van der Waals surface area (Å²) in [6.07, 6.45) is 4.09. The van der Waals surface area contributed by atoms with E-state index in [0.717, 1.165) is 42.6 Å². The van der Waals surface area contributed by atoms with Crippen molar-refractivity contribution in [3.63, 3.8) is 0 Å². The van der Waals surface area contributed by atoms with Gasteiger partial charge in [-0.3, -0.25) is 0 Å². The second-order valence-electron chi connectivity index (χ2n) is 5.70. The summed E-state index contributed by atoms with van der Waals surface area (Å²) in [5.41, 5.74) is 7.90. The molecule has 1 aliphatic rings. The SMILES string of the molecule is CCOc1cc(-c2nc(C3(N)CCCC3)no2)ccc1C.Cl. The Bertz CT molecular complexity index is 636. The van der Waals surface area contributed by atoms with Gasteiger partial charge >= 0.3 is 0 Å². The molecule has 0 spiro atoms. The lowest BCUT2D eigenvalue weighted by molar-refractivity contribution is 0.337. The molecule has 3 rings (SSSR count). The second kappa shape index (κ2) is 6.67. The molecule has 0 saturated heterocycles. The van der Waals surface area contributed by atoms with Gasteiger partial charge in [-0.25, -0.2) is 0 Å². The predicted molar refractivity (Wildman–Crippen MR) is 87.2 cm³/mol. The molecule has 6 heteroatoms. The first-order chi connectivity index (χ1) is 10.1. The van der Waals surface area contributed by atoms with Gasteiger partial charge in [0, 0.05) is 5.56 Å². The Morgan fingerprint density at radius 1 is 1.32 bits per heavy atom. The Hall–Kier alpha value is -1.59. The van der Waals surface area contributed by atoms with E-state index in [9.17, 15) is 0 Å². The van der Waals surface area contributed by atoms with E-state index in [4.69, 9.17) is 15.0 Å². The number of hydrogen-bond donors (Lipinski definition) is 1. The predicted octanol–water partition coefficient (Wildman–Crippen LogP) is 3.59. The molecule has 22 heavy (non-hydrogen) atoms. The normalized spacial score (nSPS) is 16.3. The van der Waals surface area contributed by atoms with Crippen LogP contribution in [0.5, 0.6) is 5.75 Å². The maximum atomic E-state index is 6.36. The summed E-state index contributed by atoms with van der Waals surface area (Å²) in [7, 11) is 0. The molecule has 1 heterocycles. The lowest BCUT2D eigenvalue weighted by Crippen LogP contribution is -2.34. The van der Waals surface area contributed by atoms with Crippen molar-refractivity contribution in [1.29, 1.82) is 0 Å². The van der Waals surface area contributed by atoms with Crippen LogP contribution >= 0.6 is 12.4 Å². The average molecular weight is 324 g/mol. The fourth-order valence-electron chi connectivity index (χ4n) is 2.82. The van der Waals surface area contributed by atoms with Crippen LogP contribution in [-0.4, -0.2) is 16.7 Å². The highest BCUT2D eigenvalue weighted by molar-refractivity contribution is 5.85. The minimum Gasteiger partial charge on any atom is -0.494 e. The molecular weight excluding hydrogens is 302 g/mol. The lowest BCUT2D eigenvalue weighted by Gasteiger charge is -2.17. The fraction of sp³-hybridized carbons (Fsp3) is 0.500. The molecule has 0 radical (unpaired) electrons. The second-order valence-corrected chi connectivity index (χ2v) is 5.70. The van der Waals surface area contributed by atoms with Crippen LogP contribution in [0.15, 0.2) is 22.7 Å². The van der Waals surface area contributed by atoms with Crippen LogP contribution in [-0.2, 0) is 5.54 Å². The molecule has 0 aliphatic heterocycles. The van der Waals surface area contributed by atoms with E-state index < -0.39 is 5.54 Å². The quantitative estimate of drug-likeness (QED) is 0.930. The summed E-state index contributed by atoms with van der Waals surface area (Å²) in [5.74, 6) is 1.97. The van der Waals surface area contributed by atoms with Gasteiger partial charge in [0.15, 0.2) is 5.82 Å². The third-order valence-corrected chi connectivity index (χ3v) is 4.10. The van der Waals surface area contributed by atoms with Gasteiger partial charge in [-0.2, -0.15) is 4.98 Å². The maximum Gasteiger partial charge on any atom is 0.258 e. The van der Waals surface area contributed by atoms with Gasteiger partial charge in [0.2, 0.25) is 0 Å². The van der Waals surface area contributed by atoms with Gasteiger partial charge in [0.1, 0.15) is 5.75 Å². The van der Waals surface area contributed by atoms with Crippen molar-refractivity contribution in [3.05, 3.63) is 29.6 Å². The molecule has 2 aromatic rings. The summed E-state index contributed by atoms with van der Waals surface area (Å²) in [5, 5.41) is 4.09. The highest BCUT2D eigenvalue weighted by Gasteiger charge is 2.36. The summed E-state index contributed by atoms with van der Waals surface area (Å²) < 4.78 is 11.0. The van der Waals surface area contributed by atoms with E-state index in [1.54, 1.807) is 0 Å². The van der Waals surface area contributed by atoms with Crippen LogP contribution < -0.4 is 10.5 Å². The van der Waals surface area contributed by atoms with Crippen LogP contribution in [0.25, 0.3) is 11.5 Å². The topological polar surface area (TPSA) is 74.2 Å². The Morgan fingerprint density at radius 3 is 2.73 bits per heavy atom. The van der Waals surface area contributed by atoms with Gasteiger partial charge in [-0.15, -0.1) is 12.4 Å². The zero-order valence-corrected chi connectivity index (χ0v) is 13.8. The summed E-state index contributed by atoms with van der Waals surface area (Å²) in [6, 6.07) is 5.90. The molecule has 0 amide bonds. The maximum absolute atomic E-state index is 6.36. The van der Waals surface area contributed by atoms with E-state index in [1.165, 1.54) is 0 Å². The minimum absolute atomic E-state index is 0. The fourth-order valence-corrected chi connectivity index (χ4v) is 2.82. The average Bonchev–Trinajstić information content (AvgIpc) is 3.11. The molecule has 1 saturated carbocycles. The number of rotatable bonds is 4. The number of aromatic nitrogens is 2. The van der Waals surface area contributed by atoms with Gasteiger partial charge in [0.05, 0.1) is 12.1 Å². The summed E-state index contributed by atoms with van der Waals surface area (Å²) in [4.78, 5) is 4.51. The first kappa shape index (κ1) is 16.8. The minimum atomic E-state index is -0.421. The van der Waals surface area contributed by atoms with Crippen LogP contribution in [0.1, 0.15) is 44.0 Å². The van der Waals surface area contributed by atoms with E-state index in [2.05, 4.69) is 10.1 Å². The van der Waals surface area contributed by atoms with Gasteiger partial charge in [-0.05, 0) is 44.4 Å². The monoisotopic (exact) mass is 323 g/mol. The number of hydrogen-bond acceptors (Lipinski definition) is 5. The molecule has 1 fully saturated rings. The van der Waals surface area contributed by atoms with Crippen molar-refractivity contribution in [2.24, 2.45) is 5.73 Å². The molecule has 5 nitrogen and oxygen atoms in total. The number of benzene rings is 1. The van der Waals surface area contributed by atoms with Crippen LogP contribution in [0.2, 0.25) is 0 Å². The zero-order chi connectivity index (χ0) is 14.9. The largest absolute Gasteiger partial charge is 0.494 e. The Labute approximate surface area is 136 Å². The van der Waals surface area contributed by atoms with E-state index >= 15 is 0 Å². The highest BCUT2D eigenvalue weighted by Crippen LogP contribution is 2.35. The molecule has 0 atom stereocenters. The summed E-state index contributed by atoms with van der Waals surface area (Å²) >= 11 is 0. The molecule has 0 bridgehead atoms. The molecule has 120 valence electrons. The third-order valence-electron chi connectivity index (χ3n) is 4.10. The van der Waals surface area contributed by atoms with Crippen LogP contribution in [0.4, 0.5) is 0 Å². The van der Waals surface area contributed by atoms with E-state index in [-0.39, 0.29) is 12.4 Å². The van der Waals surface area contributed by atoms with Gasteiger partial charge in [0.25, 0.3) is 5.89 Å². The number of nitrogens with two attached hydrogens (primary N) is 1. The van der Waals surface area contributed by atoms with Gasteiger partial charge < -0.3 is 15.0 Å². The van der Waals surface area contributed by atoms with Crippen LogP contribution in [0.3, 0.4) is 0 Å². The first-order valence-electron chi connectivity index (χ1n) is 7.49. The molecule has 1 aromatic carbocycles. The lowest BCUT2D eigenvalue weighted by atomic mass is 9.98. The molecule has 2 N–H and O–H groups in total. The molecule has 0 unspecified atom stereocenters. The Balaban J connectivity index is 0.00000176. The standard InChI is InChI=1S/C16H21N3O2.ClH/c1-3-20-13-10-12(7-6-11(13)2)14-18-15(19-21-14)16(17)8-4-5-9-16;/h6-7,10H,3-5,8-9,17H2,1-2H3;1H. The van der Waals surface area contributed by atoms with Crippen molar-refractivity contribution in [1.82, 2.24) is 10.1 Å². The number of halogens is 1. The van der Waals surface area contributed by atoms with Crippen molar-refractivity contribution in [2.75, 3.05) is 6.61 Å². The van der Waals surface area contributed by atoms with E-state index in [1.807, 2.05) is 32.0 Å². The van der Waals surface area contributed by atoms with Crippen LogP contribution in [0, 0.1) is 6.92 Å². The Morgan fingerprint density at radius 2 is 2.05 bits per heavy atom. The third kappa shape index (κ3) is 3.10. The van der Waals surface area contributed by atoms with Crippen molar-refractivity contribution >= 4 is 12.4 Å². The number of ether oxygens (including phenoxy) is 1. The van der Waals surface area contributed by atoms with Crippen molar-refractivity contribution < 1.29 is 9.26 Å². The zero-order valence-electron chi connectivity index (χ0n) is 13.0. The van der Waals surface area contributed by atoms with Crippen molar-refractivity contribution in [3.8, 4) is 17.2 Å². The summed E-state index contributed by atoms with van der Waals surface area (Å²) in [6.45, 7) is 4.61.